The number of benzene rings is 1. The van der Waals surface area contributed by atoms with Gasteiger partial charge >= 0.3 is 0 Å². The van der Waals surface area contributed by atoms with Crippen LogP contribution in [0.5, 0.6) is 5.75 Å². The Bertz CT molecular complexity index is 696. The van der Waals surface area contributed by atoms with Crippen LogP contribution in [0.1, 0.15) is 18.4 Å². The number of hydrogen-bond donors (Lipinski definition) is 0. The average molecular weight is 294 g/mol. The quantitative estimate of drug-likeness (QED) is 0.787. The fraction of sp³-hybridized carbons (Fsp3) is 0.368. The molecule has 1 aromatic rings. The van der Waals surface area contributed by atoms with Crippen LogP contribution in [0.25, 0.3) is 5.57 Å². The Morgan fingerprint density at radius 3 is 2.18 bits per heavy atom. The van der Waals surface area contributed by atoms with E-state index in [4.69, 9.17) is 4.74 Å². The maximum Gasteiger partial charge on any atom is 0.168 e. The zero-order valence-corrected chi connectivity index (χ0v) is 12.5. The Morgan fingerprint density at radius 1 is 0.955 bits per heavy atom. The highest BCUT2D eigenvalue weighted by atomic mass is 16.5. The van der Waals surface area contributed by atoms with Gasteiger partial charge in [0.05, 0.1) is 7.11 Å². The monoisotopic (exact) mass is 294 g/mol. The van der Waals surface area contributed by atoms with E-state index in [0.29, 0.717) is 5.57 Å². The largest absolute Gasteiger partial charge is 0.497 e. The van der Waals surface area contributed by atoms with Crippen LogP contribution in [0.4, 0.5) is 0 Å². The number of allylic oxidation sites excluding steroid dienone is 4. The molecule has 0 heterocycles. The van der Waals surface area contributed by atoms with Gasteiger partial charge < -0.3 is 4.74 Å². The first-order chi connectivity index (χ1) is 10.7. The lowest BCUT2D eigenvalue weighted by Gasteiger charge is -2.45. The van der Waals surface area contributed by atoms with E-state index in [1.165, 1.54) is 0 Å². The number of Topliss-reactive ketones (excluding diaryl/α,β-unsaturated/α-hetero) is 1. The normalized spacial score (nSPS) is 32.7. The molecule has 1 saturated carbocycles. The summed E-state index contributed by atoms with van der Waals surface area (Å²) in [5.74, 6) is 1.20. The minimum Gasteiger partial charge on any atom is -0.497 e. The molecule has 22 heavy (non-hydrogen) atoms. The molecule has 0 N–H and O–H groups in total. The topological polar surface area (TPSA) is 43.4 Å². The van der Waals surface area contributed by atoms with Gasteiger partial charge in [0.15, 0.2) is 11.6 Å². The summed E-state index contributed by atoms with van der Waals surface area (Å²) in [5, 5.41) is 0. The lowest BCUT2D eigenvalue weighted by molar-refractivity contribution is -0.133. The Labute approximate surface area is 129 Å². The number of carbonyl (C=O) groups is 2. The number of fused-ring (bicyclic) bond motifs is 1. The molecule has 5 rings (SSSR count). The second-order valence-corrected chi connectivity index (χ2v) is 6.39. The minimum absolute atomic E-state index is 0.120. The van der Waals surface area contributed by atoms with Crippen LogP contribution in [0.3, 0.4) is 0 Å². The number of carbonyl (C=O) groups excluding carboxylic acids is 2. The minimum atomic E-state index is -0.154. The highest BCUT2D eigenvalue weighted by Gasteiger charge is 2.50. The third-order valence-corrected chi connectivity index (χ3v) is 5.33. The van der Waals surface area contributed by atoms with Gasteiger partial charge in [-0.25, -0.2) is 0 Å². The van der Waals surface area contributed by atoms with Crippen LogP contribution in [0.15, 0.2) is 42.5 Å². The average Bonchev–Trinajstić information content (AvgIpc) is 2.58. The van der Waals surface area contributed by atoms with Crippen molar-refractivity contribution in [2.24, 2.45) is 23.7 Å². The molecule has 0 aromatic heterocycles. The maximum atomic E-state index is 13.0. The summed E-state index contributed by atoms with van der Waals surface area (Å²) in [6.45, 7) is 0. The van der Waals surface area contributed by atoms with Crippen LogP contribution < -0.4 is 4.74 Å². The summed E-state index contributed by atoms with van der Waals surface area (Å²) in [7, 11) is 1.61. The van der Waals surface area contributed by atoms with Gasteiger partial charge in [-0.1, -0.05) is 24.3 Å². The van der Waals surface area contributed by atoms with E-state index in [-0.39, 0.29) is 35.2 Å². The molecule has 0 saturated heterocycles. The van der Waals surface area contributed by atoms with Crippen molar-refractivity contribution < 1.29 is 14.3 Å². The van der Waals surface area contributed by atoms with E-state index in [0.717, 1.165) is 24.2 Å². The molecule has 4 aliphatic carbocycles. The number of ketones is 2. The highest BCUT2D eigenvalue weighted by Crippen LogP contribution is 2.49. The number of rotatable bonds is 2. The van der Waals surface area contributed by atoms with E-state index >= 15 is 0 Å². The van der Waals surface area contributed by atoms with Gasteiger partial charge in [0.25, 0.3) is 0 Å². The summed E-state index contributed by atoms with van der Waals surface area (Å²) in [6.07, 6.45) is 7.92. The van der Waals surface area contributed by atoms with E-state index in [1.54, 1.807) is 13.2 Å². The van der Waals surface area contributed by atoms with Crippen molar-refractivity contribution in [2.45, 2.75) is 12.8 Å². The third kappa shape index (κ3) is 1.88. The maximum absolute atomic E-state index is 13.0. The molecule has 1 aromatic carbocycles. The lowest BCUT2D eigenvalue weighted by atomic mass is 9.57. The molecular formula is C19H18O3. The molecule has 1 fully saturated rings. The molecule has 0 amide bonds. The number of methoxy groups -OCH3 is 1. The standard InChI is InChI=1S/C19H18O3/c1-22-14-8-6-11(7-9-14)15-10-16(20)17-12-2-4-13(5-3-12)18(17)19(15)21/h2,4,6-10,12-13,17-18H,3,5H2,1H3. The van der Waals surface area contributed by atoms with Gasteiger partial charge in [0.1, 0.15) is 5.75 Å². The first-order valence-corrected chi connectivity index (χ1v) is 7.81. The van der Waals surface area contributed by atoms with Crippen molar-refractivity contribution in [1.82, 2.24) is 0 Å². The molecule has 112 valence electrons. The van der Waals surface area contributed by atoms with Crippen LogP contribution in [0, 0.1) is 23.7 Å². The van der Waals surface area contributed by atoms with Gasteiger partial charge in [-0.05, 0) is 48.4 Å². The lowest BCUT2D eigenvalue weighted by Crippen LogP contribution is -2.47. The van der Waals surface area contributed by atoms with E-state index < -0.39 is 0 Å². The second-order valence-electron chi connectivity index (χ2n) is 6.39. The van der Waals surface area contributed by atoms with E-state index in [1.807, 2.05) is 24.3 Å². The van der Waals surface area contributed by atoms with E-state index in [9.17, 15) is 9.59 Å². The summed E-state index contributed by atoms with van der Waals surface area (Å²) >= 11 is 0. The van der Waals surface area contributed by atoms with Gasteiger partial charge in [0.2, 0.25) is 0 Å². The van der Waals surface area contributed by atoms with Crippen molar-refractivity contribution in [3.63, 3.8) is 0 Å². The molecule has 2 bridgehead atoms. The molecule has 4 unspecified atom stereocenters. The van der Waals surface area contributed by atoms with Gasteiger partial charge in [-0.15, -0.1) is 0 Å². The van der Waals surface area contributed by atoms with Gasteiger partial charge in [0, 0.05) is 17.4 Å². The molecule has 0 radical (unpaired) electrons. The Balaban J connectivity index is 1.74. The molecule has 3 heteroatoms. The molecule has 0 spiro atoms. The van der Waals surface area contributed by atoms with Crippen molar-refractivity contribution in [1.29, 1.82) is 0 Å². The first-order valence-electron chi connectivity index (χ1n) is 7.81. The van der Waals surface area contributed by atoms with Crippen molar-refractivity contribution >= 4 is 17.1 Å². The first kappa shape index (κ1) is 13.5. The summed E-state index contributed by atoms with van der Waals surface area (Å²) < 4.78 is 5.15. The van der Waals surface area contributed by atoms with Crippen LogP contribution in [-0.2, 0) is 9.59 Å². The second kappa shape index (κ2) is 4.94. The van der Waals surface area contributed by atoms with Crippen LogP contribution in [-0.4, -0.2) is 18.7 Å². The fourth-order valence-electron chi connectivity index (χ4n) is 4.22. The third-order valence-electron chi connectivity index (χ3n) is 5.33. The molecule has 4 atom stereocenters. The summed E-state index contributed by atoms with van der Waals surface area (Å²) in [6, 6.07) is 7.36. The number of hydrogen-bond acceptors (Lipinski definition) is 3. The zero-order valence-electron chi connectivity index (χ0n) is 12.5. The predicted molar refractivity (Wildman–Crippen MR) is 83.3 cm³/mol. The van der Waals surface area contributed by atoms with E-state index in [2.05, 4.69) is 12.2 Å². The molecule has 3 nitrogen and oxygen atoms in total. The highest BCUT2D eigenvalue weighted by molar-refractivity contribution is 6.29. The van der Waals surface area contributed by atoms with Crippen LogP contribution >= 0.6 is 0 Å². The summed E-state index contributed by atoms with van der Waals surface area (Å²) in [4.78, 5) is 25.5. The Hall–Kier alpha value is -2.16. The Kier molecular flexibility index (Phi) is 3.03. The van der Waals surface area contributed by atoms with Crippen molar-refractivity contribution in [3.8, 4) is 5.75 Å². The van der Waals surface area contributed by atoms with Crippen molar-refractivity contribution in [3.05, 3.63) is 48.1 Å². The Morgan fingerprint density at radius 2 is 1.59 bits per heavy atom. The zero-order chi connectivity index (χ0) is 15.3. The summed E-state index contributed by atoms with van der Waals surface area (Å²) in [5.41, 5.74) is 1.37. The predicted octanol–water partition coefficient (Wildman–Crippen LogP) is 3.06. The van der Waals surface area contributed by atoms with Crippen LogP contribution in [0.2, 0.25) is 0 Å². The smallest absolute Gasteiger partial charge is 0.168 e. The molecule has 0 aliphatic heterocycles. The molecule has 4 aliphatic rings. The number of ether oxygens (including phenoxy) is 1. The van der Waals surface area contributed by atoms with Crippen molar-refractivity contribution in [2.75, 3.05) is 7.11 Å². The fourth-order valence-corrected chi connectivity index (χ4v) is 4.22. The van der Waals surface area contributed by atoms with Gasteiger partial charge in [-0.3, -0.25) is 9.59 Å². The SMILES string of the molecule is COc1ccc(C2=CC(=O)C3C4C=CC(CC4)C3C2=O)cc1. The molecular weight excluding hydrogens is 276 g/mol. The van der Waals surface area contributed by atoms with Gasteiger partial charge in [-0.2, -0.15) is 0 Å².